The predicted octanol–water partition coefficient (Wildman–Crippen LogP) is 3.16. The van der Waals surface area contributed by atoms with Crippen molar-refractivity contribution >= 4 is 6.09 Å². The number of aliphatic hydroxyl groups excluding tert-OH is 1. The summed E-state index contributed by atoms with van der Waals surface area (Å²) < 4.78 is 5.52. The first-order valence-electron chi connectivity index (χ1n) is 9.63. The van der Waals surface area contributed by atoms with Gasteiger partial charge in [-0.15, -0.1) is 0 Å². The minimum atomic E-state index is -0.435. The molecule has 1 heterocycles. The summed E-state index contributed by atoms with van der Waals surface area (Å²) in [5, 5.41) is 13.2. The van der Waals surface area contributed by atoms with Crippen LogP contribution in [0.15, 0.2) is 0 Å². The van der Waals surface area contributed by atoms with Crippen molar-refractivity contribution in [3.05, 3.63) is 0 Å². The van der Waals surface area contributed by atoms with Gasteiger partial charge in [-0.2, -0.15) is 0 Å². The molecular formula is C19H36N2O3. The number of aliphatic hydroxyl groups is 1. The van der Waals surface area contributed by atoms with Gasteiger partial charge in [-0.05, 0) is 71.6 Å². The molecule has 4 atom stereocenters. The van der Waals surface area contributed by atoms with Gasteiger partial charge in [0.2, 0.25) is 0 Å². The number of nitrogens with one attached hydrogen (secondary N) is 1. The number of likely N-dealkylation sites (tertiary alicyclic amines) is 1. The van der Waals surface area contributed by atoms with Crippen LogP contribution in [0, 0.1) is 11.8 Å². The molecule has 5 heteroatoms. The van der Waals surface area contributed by atoms with Crippen molar-refractivity contribution in [2.45, 2.75) is 83.9 Å². The van der Waals surface area contributed by atoms with Crippen LogP contribution in [-0.4, -0.2) is 53.5 Å². The second kappa shape index (κ2) is 8.52. The molecule has 1 aliphatic carbocycles. The van der Waals surface area contributed by atoms with Gasteiger partial charge >= 0.3 is 6.09 Å². The maximum Gasteiger partial charge on any atom is 0.410 e. The van der Waals surface area contributed by atoms with Gasteiger partial charge in [-0.25, -0.2) is 4.79 Å². The molecule has 4 unspecified atom stereocenters. The zero-order chi connectivity index (χ0) is 17.7. The fraction of sp³-hybridized carbons (Fsp3) is 0.947. The van der Waals surface area contributed by atoms with Crippen LogP contribution in [0.1, 0.15) is 66.2 Å². The van der Waals surface area contributed by atoms with Gasteiger partial charge in [-0.1, -0.05) is 6.42 Å². The molecule has 0 aromatic heterocycles. The number of hydrogen-bond donors (Lipinski definition) is 2. The molecule has 140 valence electrons. The molecule has 1 amide bonds. The summed E-state index contributed by atoms with van der Waals surface area (Å²) in [5.74, 6) is 0.925. The van der Waals surface area contributed by atoms with Crippen LogP contribution in [0.5, 0.6) is 0 Å². The second-order valence-corrected chi connectivity index (χ2v) is 8.70. The number of amides is 1. The lowest BCUT2D eigenvalue weighted by Gasteiger charge is -2.39. The fourth-order valence-corrected chi connectivity index (χ4v) is 4.03. The number of nitrogens with zero attached hydrogens (tertiary/aromatic N) is 1. The molecule has 0 aromatic carbocycles. The van der Waals surface area contributed by atoms with E-state index in [4.69, 9.17) is 4.74 Å². The highest BCUT2D eigenvalue weighted by atomic mass is 16.6. The van der Waals surface area contributed by atoms with E-state index in [1.165, 1.54) is 12.8 Å². The summed E-state index contributed by atoms with van der Waals surface area (Å²) in [6, 6.07) is 0.889. The smallest absolute Gasteiger partial charge is 0.410 e. The standard InChI is InChI=1S/C19H36N2O3/c1-14(20-17-9-5-7-15(11-17)13-22)16-8-6-10-21(12-16)18(23)24-19(2,3)4/h14-17,20,22H,5-13H2,1-4H3. The molecule has 0 bridgehead atoms. The lowest BCUT2D eigenvalue weighted by molar-refractivity contribution is 0.0143. The Labute approximate surface area is 147 Å². The quantitative estimate of drug-likeness (QED) is 0.825. The third-order valence-corrected chi connectivity index (χ3v) is 5.36. The van der Waals surface area contributed by atoms with Crippen molar-refractivity contribution in [2.75, 3.05) is 19.7 Å². The first-order chi connectivity index (χ1) is 11.3. The van der Waals surface area contributed by atoms with Crippen LogP contribution in [0.2, 0.25) is 0 Å². The summed E-state index contributed by atoms with van der Waals surface area (Å²) in [6.07, 6.45) is 6.64. The van der Waals surface area contributed by atoms with Crippen molar-refractivity contribution in [3.8, 4) is 0 Å². The molecule has 0 spiro atoms. The van der Waals surface area contributed by atoms with Crippen molar-refractivity contribution in [3.63, 3.8) is 0 Å². The summed E-state index contributed by atoms with van der Waals surface area (Å²) in [4.78, 5) is 14.2. The number of carbonyl (C=O) groups is 1. The van der Waals surface area contributed by atoms with Crippen LogP contribution in [0.3, 0.4) is 0 Å². The highest BCUT2D eigenvalue weighted by molar-refractivity contribution is 5.68. The number of hydrogen-bond acceptors (Lipinski definition) is 4. The molecular weight excluding hydrogens is 304 g/mol. The van der Waals surface area contributed by atoms with E-state index in [0.717, 1.165) is 38.8 Å². The number of carbonyl (C=O) groups excluding carboxylic acids is 1. The number of piperidine rings is 1. The lowest BCUT2D eigenvalue weighted by Crippen LogP contribution is -2.50. The van der Waals surface area contributed by atoms with Gasteiger partial charge in [0.25, 0.3) is 0 Å². The lowest BCUT2D eigenvalue weighted by atomic mass is 9.84. The fourth-order valence-electron chi connectivity index (χ4n) is 4.03. The van der Waals surface area contributed by atoms with Crippen molar-refractivity contribution in [1.29, 1.82) is 0 Å². The monoisotopic (exact) mass is 340 g/mol. The minimum Gasteiger partial charge on any atom is -0.444 e. The maximum absolute atomic E-state index is 12.3. The Bertz CT molecular complexity index is 408. The summed E-state index contributed by atoms with van der Waals surface area (Å²) in [5.41, 5.74) is -0.435. The van der Waals surface area contributed by atoms with E-state index in [9.17, 15) is 9.90 Å². The Morgan fingerprint density at radius 1 is 1.29 bits per heavy atom. The van der Waals surface area contributed by atoms with Gasteiger partial charge in [-0.3, -0.25) is 0 Å². The zero-order valence-electron chi connectivity index (χ0n) is 15.9. The molecule has 0 radical (unpaired) electrons. The Morgan fingerprint density at radius 2 is 2.04 bits per heavy atom. The molecule has 2 N–H and O–H groups in total. The topological polar surface area (TPSA) is 61.8 Å². The molecule has 5 nitrogen and oxygen atoms in total. The molecule has 1 saturated heterocycles. The summed E-state index contributed by atoms with van der Waals surface area (Å²) in [6.45, 7) is 9.87. The molecule has 2 rings (SSSR count). The van der Waals surface area contributed by atoms with Crippen molar-refractivity contribution < 1.29 is 14.6 Å². The van der Waals surface area contributed by atoms with Gasteiger partial charge in [0.1, 0.15) is 5.60 Å². The molecule has 2 aliphatic rings. The van der Waals surface area contributed by atoms with Crippen LogP contribution < -0.4 is 5.32 Å². The highest BCUT2D eigenvalue weighted by Crippen LogP contribution is 2.27. The normalized spacial score (nSPS) is 30.0. The molecule has 2 fully saturated rings. The molecule has 1 aliphatic heterocycles. The SMILES string of the molecule is CC(NC1CCCC(CO)C1)C1CCCN(C(=O)OC(C)(C)C)C1. The van der Waals surface area contributed by atoms with E-state index < -0.39 is 5.60 Å². The largest absolute Gasteiger partial charge is 0.444 e. The number of ether oxygens (including phenoxy) is 1. The van der Waals surface area contributed by atoms with Crippen molar-refractivity contribution in [1.82, 2.24) is 10.2 Å². The summed E-state index contributed by atoms with van der Waals surface area (Å²) >= 11 is 0. The van der Waals surface area contributed by atoms with Gasteiger partial charge in [0.05, 0.1) is 0 Å². The Kier molecular flexibility index (Phi) is 6.93. The van der Waals surface area contributed by atoms with E-state index in [0.29, 0.717) is 30.5 Å². The Morgan fingerprint density at radius 3 is 2.71 bits per heavy atom. The van der Waals surface area contributed by atoms with E-state index >= 15 is 0 Å². The van der Waals surface area contributed by atoms with Gasteiger partial charge in [0.15, 0.2) is 0 Å². The van der Waals surface area contributed by atoms with Gasteiger partial charge in [0, 0.05) is 31.8 Å². The first kappa shape index (κ1) is 19.5. The molecule has 24 heavy (non-hydrogen) atoms. The summed E-state index contributed by atoms with van der Waals surface area (Å²) in [7, 11) is 0. The van der Waals surface area contributed by atoms with E-state index in [2.05, 4.69) is 12.2 Å². The Hall–Kier alpha value is -0.810. The second-order valence-electron chi connectivity index (χ2n) is 8.70. The molecule has 0 aromatic rings. The zero-order valence-corrected chi connectivity index (χ0v) is 15.9. The average Bonchev–Trinajstić information content (AvgIpc) is 2.53. The van der Waals surface area contributed by atoms with E-state index in [-0.39, 0.29) is 6.09 Å². The average molecular weight is 341 g/mol. The maximum atomic E-state index is 12.3. The number of rotatable bonds is 4. The van der Waals surface area contributed by atoms with E-state index in [1.807, 2.05) is 25.7 Å². The first-order valence-corrected chi connectivity index (χ1v) is 9.63. The van der Waals surface area contributed by atoms with Crippen LogP contribution in [0.25, 0.3) is 0 Å². The van der Waals surface area contributed by atoms with Gasteiger partial charge < -0.3 is 20.1 Å². The highest BCUT2D eigenvalue weighted by Gasteiger charge is 2.31. The van der Waals surface area contributed by atoms with Crippen LogP contribution in [-0.2, 0) is 4.74 Å². The third kappa shape index (κ3) is 5.92. The Balaban J connectivity index is 1.83. The van der Waals surface area contributed by atoms with Crippen LogP contribution in [0.4, 0.5) is 4.79 Å². The minimum absolute atomic E-state index is 0.183. The van der Waals surface area contributed by atoms with E-state index in [1.54, 1.807) is 0 Å². The van der Waals surface area contributed by atoms with Crippen LogP contribution >= 0.6 is 0 Å². The molecule has 1 saturated carbocycles. The third-order valence-electron chi connectivity index (χ3n) is 5.36. The predicted molar refractivity (Wildman–Crippen MR) is 96.0 cm³/mol. The van der Waals surface area contributed by atoms with Crippen molar-refractivity contribution in [2.24, 2.45) is 11.8 Å².